The molecule has 2 saturated carbocycles. The van der Waals surface area contributed by atoms with Gasteiger partial charge in [-0.3, -0.25) is 4.79 Å². The zero-order chi connectivity index (χ0) is 26.0. The van der Waals surface area contributed by atoms with E-state index in [-0.39, 0.29) is 30.5 Å². The number of esters is 1. The van der Waals surface area contributed by atoms with Gasteiger partial charge in [0.05, 0.1) is 25.2 Å². The monoisotopic (exact) mass is 498 g/mol. The highest BCUT2D eigenvalue weighted by atomic mass is 16.7. The summed E-state index contributed by atoms with van der Waals surface area (Å²) < 4.78 is 11.0. The Bertz CT molecular complexity index is 796. The van der Waals surface area contributed by atoms with Gasteiger partial charge in [-0.15, -0.1) is 0 Å². The van der Waals surface area contributed by atoms with Crippen molar-refractivity contribution in [3.8, 4) is 0 Å². The van der Waals surface area contributed by atoms with Crippen molar-refractivity contribution in [3.63, 3.8) is 0 Å². The van der Waals surface area contributed by atoms with Crippen molar-refractivity contribution < 1.29 is 44.9 Å². The van der Waals surface area contributed by atoms with Gasteiger partial charge in [0.15, 0.2) is 0 Å². The lowest BCUT2D eigenvalue weighted by Gasteiger charge is -2.58. The van der Waals surface area contributed by atoms with E-state index in [4.69, 9.17) is 9.47 Å². The van der Waals surface area contributed by atoms with Crippen LogP contribution in [0.25, 0.3) is 0 Å². The van der Waals surface area contributed by atoms with Gasteiger partial charge in [0, 0.05) is 0 Å². The summed E-state index contributed by atoms with van der Waals surface area (Å²) in [5.74, 6) is -0.411. The summed E-state index contributed by atoms with van der Waals surface area (Å²) in [7, 11) is 0. The van der Waals surface area contributed by atoms with E-state index in [0.29, 0.717) is 12.8 Å². The molecule has 1 saturated heterocycles. The molecule has 3 rings (SSSR count). The number of fused-ring (bicyclic) bond motifs is 1. The van der Waals surface area contributed by atoms with E-state index >= 15 is 0 Å². The number of aliphatic hydroxyl groups is 6. The number of hydrogen-bond donors (Lipinski definition) is 6. The predicted molar refractivity (Wildman–Crippen MR) is 127 cm³/mol. The topological polar surface area (TPSA) is 157 Å². The molecule has 2 aliphatic carbocycles. The van der Waals surface area contributed by atoms with Gasteiger partial charge in [0.2, 0.25) is 6.29 Å². The van der Waals surface area contributed by atoms with Crippen LogP contribution >= 0.6 is 0 Å². The lowest BCUT2D eigenvalue weighted by atomic mass is 9.46. The van der Waals surface area contributed by atoms with Crippen LogP contribution in [0, 0.1) is 22.7 Å². The highest BCUT2D eigenvalue weighted by molar-refractivity contribution is 5.77. The van der Waals surface area contributed by atoms with Crippen molar-refractivity contribution in [2.75, 3.05) is 19.8 Å². The highest BCUT2D eigenvalue weighted by Gasteiger charge is 2.58. The maximum absolute atomic E-state index is 13.6. The Balaban J connectivity index is 1.80. The molecule has 9 atom stereocenters. The molecule has 9 heteroatoms. The second-order valence-corrected chi connectivity index (χ2v) is 10.9. The van der Waals surface area contributed by atoms with E-state index in [1.165, 1.54) is 0 Å². The molecule has 1 heterocycles. The summed E-state index contributed by atoms with van der Waals surface area (Å²) in [4.78, 5) is 13.6. The Morgan fingerprint density at radius 3 is 2.49 bits per heavy atom. The zero-order valence-corrected chi connectivity index (χ0v) is 20.8. The Kier molecular flexibility index (Phi) is 9.18. The van der Waals surface area contributed by atoms with Crippen LogP contribution in [-0.2, 0) is 14.3 Å². The number of ether oxygens (including phenoxy) is 2. The third kappa shape index (κ3) is 5.37. The fourth-order valence-corrected chi connectivity index (χ4v) is 6.84. The van der Waals surface area contributed by atoms with Crippen molar-refractivity contribution in [2.24, 2.45) is 22.7 Å². The van der Waals surface area contributed by atoms with Crippen molar-refractivity contribution in [2.45, 2.75) is 89.5 Å². The van der Waals surface area contributed by atoms with Crippen molar-refractivity contribution in [3.05, 3.63) is 23.8 Å². The number of hydrogen-bond acceptors (Lipinski definition) is 9. The average molecular weight is 499 g/mol. The largest absolute Gasteiger partial charge is 0.432 e. The van der Waals surface area contributed by atoms with Gasteiger partial charge in [-0.2, -0.15) is 0 Å². The number of carbonyl (C=O) groups is 1. The van der Waals surface area contributed by atoms with Gasteiger partial charge in [-0.25, -0.2) is 0 Å². The molecule has 9 nitrogen and oxygen atoms in total. The van der Waals surface area contributed by atoms with Gasteiger partial charge >= 0.3 is 5.97 Å². The third-order valence-corrected chi connectivity index (χ3v) is 8.89. The molecule has 35 heavy (non-hydrogen) atoms. The Hall–Kier alpha value is -1.33. The molecule has 1 aliphatic heterocycles. The third-order valence-electron chi connectivity index (χ3n) is 8.89. The summed E-state index contributed by atoms with van der Waals surface area (Å²) >= 11 is 0. The van der Waals surface area contributed by atoms with Crippen LogP contribution in [0.2, 0.25) is 0 Å². The lowest BCUT2D eigenvalue weighted by Crippen LogP contribution is -2.61. The Morgan fingerprint density at radius 2 is 1.86 bits per heavy atom. The quantitative estimate of drug-likeness (QED) is 0.210. The van der Waals surface area contributed by atoms with Crippen LogP contribution in [0.1, 0.15) is 58.8 Å². The Labute approximate surface area is 207 Å². The molecule has 0 radical (unpaired) electrons. The van der Waals surface area contributed by atoms with Crippen LogP contribution in [0.4, 0.5) is 0 Å². The molecule has 0 aromatic rings. The van der Waals surface area contributed by atoms with Gasteiger partial charge in [0.1, 0.15) is 24.4 Å². The summed E-state index contributed by atoms with van der Waals surface area (Å²) in [6.45, 7) is 7.59. The standard InChI is InChI=1S/C26H42O9/c1-15-5-8-19-25(2,17(15)7-6-16(13-28)9-12-27)10-4-11-26(19,3)24(33)35-23-22(32)21(31)20(30)18(14-29)34-23/h9,17-23,27-32H,1,4-8,10-14H2,2-3H3/b16-9-/t17-,18-,19+,20-,21+,22-,23+,25+,26-/m1/s1. The summed E-state index contributed by atoms with van der Waals surface area (Å²) in [6, 6.07) is 0. The maximum Gasteiger partial charge on any atom is 0.314 e. The lowest BCUT2D eigenvalue weighted by molar-refractivity contribution is -0.297. The minimum Gasteiger partial charge on any atom is -0.432 e. The number of aliphatic hydroxyl groups excluding tert-OH is 6. The van der Waals surface area contributed by atoms with Crippen molar-refractivity contribution >= 4 is 5.97 Å². The van der Waals surface area contributed by atoms with Crippen LogP contribution in [0.3, 0.4) is 0 Å². The van der Waals surface area contributed by atoms with E-state index in [1.54, 1.807) is 6.08 Å². The van der Waals surface area contributed by atoms with Gasteiger partial charge in [-0.1, -0.05) is 31.6 Å². The molecule has 0 unspecified atom stereocenters. The Morgan fingerprint density at radius 1 is 1.14 bits per heavy atom. The SMILES string of the molecule is C=C1CC[C@H]2[C@@](C)(CCC[C@@]2(C)C(=O)O[C@@H]2O[C@H](CO)[C@@H](O)[C@H](O)[C@H]2O)[C@@H]1CC/C(=C/CO)CO. The van der Waals surface area contributed by atoms with E-state index in [9.17, 15) is 35.4 Å². The molecule has 200 valence electrons. The normalized spacial score (nSPS) is 42.5. The number of rotatable bonds is 8. The molecule has 6 N–H and O–H groups in total. The van der Waals surface area contributed by atoms with E-state index < -0.39 is 48.7 Å². The van der Waals surface area contributed by atoms with Gasteiger partial charge in [0.25, 0.3) is 0 Å². The fraction of sp³-hybridized carbons (Fsp3) is 0.808. The molecule has 0 bridgehead atoms. The first-order valence-electron chi connectivity index (χ1n) is 12.6. The van der Waals surface area contributed by atoms with Crippen molar-refractivity contribution in [1.29, 1.82) is 0 Å². The first kappa shape index (κ1) is 28.2. The van der Waals surface area contributed by atoms with E-state index in [2.05, 4.69) is 13.5 Å². The average Bonchev–Trinajstić information content (AvgIpc) is 2.82. The summed E-state index contributed by atoms with van der Waals surface area (Å²) in [5, 5.41) is 58.7. The van der Waals surface area contributed by atoms with E-state index in [0.717, 1.165) is 43.3 Å². The minimum absolute atomic E-state index is 0.0176. The van der Waals surface area contributed by atoms with Crippen molar-refractivity contribution in [1.82, 2.24) is 0 Å². The summed E-state index contributed by atoms with van der Waals surface area (Å²) in [5.41, 5.74) is 0.838. The highest BCUT2D eigenvalue weighted by Crippen LogP contribution is 2.62. The second-order valence-electron chi connectivity index (χ2n) is 10.9. The smallest absolute Gasteiger partial charge is 0.314 e. The first-order chi connectivity index (χ1) is 16.5. The summed E-state index contributed by atoms with van der Waals surface area (Å²) in [6.07, 6.45) is -0.515. The number of carbonyl (C=O) groups excluding carboxylic acids is 1. The fourth-order valence-electron chi connectivity index (χ4n) is 6.84. The molecular weight excluding hydrogens is 456 g/mol. The maximum atomic E-state index is 13.6. The minimum atomic E-state index is -1.63. The molecule has 0 spiro atoms. The van der Waals surface area contributed by atoms with Crippen LogP contribution < -0.4 is 0 Å². The van der Waals surface area contributed by atoms with Gasteiger partial charge in [-0.05, 0) is 68.3 Å². The molecule has 3 fully saturated rings. The van der Waals surface area contributed by atoms with Gasteiger partial charge < -0.3 is 40.1 Å². The van der Waals surface area contributed by atoms with Crippen LogP contribution in [0.5, 0.6) is 0 Å². The number of allylic oxidation sites excluding steroid dienone is 1. The van der Waals surface area contributed by atoms with E-state index in [1.807, 2.05) is 6.92 Å². The molecular formula is C26H42O9. The molecule has 3 aliphatic rings. The molecule has 0 aromatic heterocycles. The van der Waals surface area contributed by atoms with Crippen LogP contribution in [0.15, 0.2) is 23.8 Å². The molecule has 0 aromatic carbocycles. The first-order valence-corrected chi connectivity index (χ1v) is 12.6. The molecule has 0 amide bonds. The zero-order valence-electron chi connectivity index (χ0n) is 20.8. The second kappa shape index (κ2) is 11.4. The predicted octanol–water partition coefficient (Wildman–Crippen LogP) is 0.800. The van der Waals surface area contributed by atoms with Crippen LogP contribution in [-0.4, -0.2) is 87.1 Å².